The molecule has 0 bridgehead atoms. The van der Waals surface area contributed by atoms with Gasteiger partial charge in [-0.1, -0.05) is 103 Å². The van der Waals surface area contributed by atoms with Gasteiger partial charge in [-0.15, -0.1) is 0 Å². The molecule has 4 heteroatoms. The van der Waals surface area contributed by atoms with Crippen molar-refractivity contribution in [3.8, 4) is 11.5 Å². The molecule has 49 heavy (non-hydrogen) atoms. The van der Waals surface area contributed by atoms with Crippen molar-refractivity contribution >= 4 is 92.5 Å². The average Bonchev–Trinajstić information content (AvgIpc) is 3.89. The van der Waals surface area contributed by atoms with E-state index in [1.54, 1.807) is 0 Å². The molecule has 0 fully saturated rings. The van der Waals surface area contributed by atoms with Crippen LogP contribution in [0.1, 0.15) is 0 Å². The predicted molar refractivity (Wildman–Crippen MR) is 205 cm³/mol. The predicted octanol–water partition coefficient (Wildman–Crippen LogP) is 11.6. The molecule has 12 rings (SSSR count). The summed E-state index contributed by atoms with van der Waals surface area (Å²) in [6.45, 7) is 0. The lowest BCUT2D eigenvalue weighted by molar-refractivity contribution is 1.08. The van der Waals surface area contributed by atoms with Gasteiger partial charge in [0.1, 0.15) is 5.82 Å². The third-order valence-electron chi connectivity index (χ3n) is 10.8. The lowest BCUT2D eigenvalue weighted by atomic mass is 10.0. The fraction of sp³-hybridized carbons (Fsp3) is 0. The first-order chi connectivity index (χ1) is 24.3. The first-order valence-corrected chi connectivity index (χ1v) is 16.8. The zero-order valence-corrected chi connectivity index (χ0v) is 26.3. The summed E-state index contributed by atoms with van der Waals surface area (Å²) in [5.74, 6) is 0.918. The van der Waals surface area contributed by atoms with Gasteiger partial charge in [0.2, 0.25) is 0 Å². The van der Waals surface area contributed by atoms with E-state index in [4.69, 9.17) is 4.98 Å². The maximum absolute atomic E-state index is 5.32. The summed E-state index contributed by atoms with van der Waals surface area (Å²) >= 11 is 0. The maximum Gasteiger partial charge on any atom is 0.138 e. The molecule has 0 saturated carbocycles. The van der Waals surface area contributed by atoms with E-state index in [-0.39, 0.29) is 0 Å². The number of aromatic nitrogens is 4. The van der Waals surface area contributed by atoms with Gasteiger partial charge in [0, 0.05) is 48.8 Å². The van der Waals surface area contributed by atoms with Gasteiger partial charge in [0.15, 0.2) is 0 Å². The number of para-hydroxylation sites is 4. The van der Waals surface area contributed by atoms with Crippen molar-refractivity contribution in [3.63, 3.8) is 0 Å². The van der Waals surface area contributed by atoms with Crippen LogP contribution in [0.4, 0.5) is 0 Å². The van der Waals surface area contributed by atoms with Crippen molar-refractivity contribution in [2.75, 3.05) is 0 Å². The molecule has 0 radical (unpaired) electrons. The Balaban J connectivity index is 1.32. The molecule has 0 amide bonds. The molecule has 0 aliphatic rings. The fourth-order valence-corrected chi connectivity index (χ4v) is 8.85. The second kappa shape index (κ2) is 9.03. The highest BCUT2D eigenvalue weighted by atomic mass is 15.1. The quantitative estimate of drug-likeness (QED) is 0.188. The highest BCUT2D eigenvalue weighted by molar-refractivity contribution is 6.36. The molecule has 5 aromatic heterocycles. The minimum Gasteiger partial charge on any atom is -0.308 e. The van der Waals surface area contributed by atoms with Crippen LogP contribution in [0.15, 0.2) is 158 Å². The summed E-state index contributed by atoms with van der Waals surface area (Å²) < 4.78 is 7.24. The molecule has 0 atom stereocenters. The van der Waals surface area contributed by atoms with Gasteiger partial charge < -0.3 is 8.97 Å². The first kappa shape index (κ1) is 25.4. The zero-order chi connectivity index (χ0) is 31.8. The maximum atomic E-state index is 5.32. The highest BCUT2D eigenvalue weighted by Gasteiger charge is 2.25. The van der Waals surface area contributed by atoms with Crippen molar-refractivity contribution in [1.29, 1.82) is 0 Å². The topological polar surface area (TPSA) is 27.2 Å². The van der Waals surface area contributed by atoms with Gasteiger partial charge in [-0.25, -0.2) is 4.98 Å². The number of pyridine rings is 1. The van der Waals surface area contributed by atoms with Crippen molar-refractivity contribution in [2.45, 2.75) is 0 Å². The lowest BCUT2D eigenvalue weighted by Crippen LogP contribution is -1.99. The number of hydrogen-bond acceptors (Lipinski definition) is 1. The van der Waals surface area contributed by atoms with Crippen LogP contribution >= 0.6 is 0 Å². The number of benzene rings is 7. The number of rotatable bonds is 2. The SMILES string of the molecule is c1ccc(-n2c3ccccc3c3cc(-n4c5ccc6ccccc6c5c5cc6c7ccccc7n7c8ccccc8c(c54)c67)ncc32)cc1. The Kier molecular flexibility index (Phi) is 4.69. The monoisotopic (exact) mass is 622 g/mol. The van der Waals surface area contributed by atoms with Gasteiger partial charge in [0.05, 0.1) is 44.8 Å². The smallest absolute Gasteiger partial charge is 0.138 e. The van der Waals surface area contributed by atoms with Crippen LogP contribution in [0.5, 0.6) is 0 Å². The van der Waals surface area contributed by atoms with Gasteiger partial charge in [-0.3, -0.25) is 4.57 Å². The minimum absolute atomic E-state index is 0.918. The Morgan fingerprint density at radius 1 is 0.367 bits per heavy atom. The Bertz CT molecular complexity index is 3320. The van der Waals surface area contributed by atoms with E-state index in [1.165, 1.54) is 81.4 Å². The van der Waals surface area contributed by atoms with Crippen molar-refractivity contribution < 1.29 is 0 Å². The summed E-state index contributed by atoms with van der Waals surface area (Å²) in [5.41, 5.74) is 9.51. The van der Waals surface area contributed by atoms with Gasteiger partial charge in [-0.2, -0.15) is 0 Å². The standard InChI is InChI=1S/C45H26N4/c1-2-13-28(14-3-1)47-36-19-9-6-16-30(36)33-25-41(46-26-40(33)47)49-39-23-22-27-12-4-5-15-29(27)42(39)35-24-34-31-17-7-10-20-37(31)48-38-21-11-8-18-32(38)43(44(34)48)45(35)49/h1-26H. The van der Waals surface area contributed by atoms with Crippen LogP contribution in [-0.4, -0.2) is 18.5 Å². The molecule has 0 unspecified atom stereocenters. The number of hydrogen-bond donors (Lipinski definition) is 0. The minimum atomic E-state index is 0.918. The normalized spacial score (nSPS) is 12.5. The van der Waals surface area contributed by atoms with Crippen LogP contribution in [0.25, 0.3) is 104 Å². The third-order valence-corrected chi connectivity index (χ3v) is 10.8. The summed E-state index contributed by atoms with van der Waals surface area (Å²) in [6.07, 6.45) is 2.07. The highest BCUT2D eigenvalue weighted by Crippen LogP contribution is 2.47. The molecular formula is C45H26N4. The summed E-state index contributed by atoms with van der Waals surface area (Å²) in [7, 11) is 0. The molecule has 0 spiro atoms. The van der Waals surface area contributed by atoms with Gasteiger partial charge >= 0.3 is 0 Å². The zero-order valence-electron chi connectivity index (χ0n) is 26.3. The molecule has 0 aliphatic carbocycles. The Hall–Kier alpha value is -6.65. The molecule has 0 aliphatic heterocycles. The van der Waals surface area contributed by atoms with E-state index in [1.807, 2.05) is 0 Å². The summed E-state index contributed by atoms with van der Waals surface area (Å²) in [5, 5.41) is 12.5. The molecule has 12 aromatic rings. The van der Waals surface area contributed by atoms with E-state index in [2.05, 4.69) is 171 Å². The van der Waals surface area contributed by atoms with Crippen LogP contribution in [0, 0.1) is 0 Å². The van der Waals surface area contributed by atoms with E-state index < -0.39 is 0 Å². The summed E-state index contributed by atoms with van der Waals surface area (Å²) in [6, 6.07) is 55.1. The lowest BCUT2D eigenvalue weighted by Gasteiger charge is -2.10. The molecule has 0 N–H and O–H groups in total. The van der Waals surface area contributed by atoms with Crippen LogP contribution < -0.4 is 0 Å². The van der Waals surface area contributed by atoms with Crippen LogP contribution in [-0.2, 0) is 0 Å². The van der Waals surface area contributed by atoms with Gasteiger partial charge in [-0.05, 0) is 59.3 Å². The third kappa shape index (κ3) is 3.12. The molecule has 226 valence electrons. The number of nitrogens with zero attached hydrogens (tertiary/aromatic N) is 4. The van der Waals surface area contributed by atoms with E-state index in [0.29, 0.717) is 0 Å². The Labute approximate surface area is 279 Å². The fourth-order valence-electron chi connectivity index (χ4n) is 8.85. The molecule has 0 saturated heterocycles. The molecule has 7 aromatic carbocycles. The van der Waals surface area contributed by atoms with Crippen molar-refractivity contribution in [2.24, 2.45) is 0 Å². The van der Waals surface area contributed by atoms with E-state index in [9.17, 15) is 0 Å². The van der Waals surface area contributed by atoms with Crippen molar-refractivity contribution in [3.05, 3.63) is 158 Å². The van der Waals surface area contributed by atoms with Crippen LogP contribution in [0.3, 0.4) is 0 Å². The second-order valence-electron chi connectivity index (χ2n) is 13.2. The molecule has 4 nitrogen and oxygen atoms in total. The molecular weight excluding hydrogens is 597 g/mol. The Morgan fingerprint density at radius 3 is 1.84 bits per heavy atom. The molecule has 5 heterocycles. The van der Waals surface area contributed by atoms with Crippen LogP contribution in [0.2, 0.25) is 0 Å². The Morgan fingerprint density at radius 2 is 1.02 bits per heavy atom. The van der Waals surface area contributed by atoms with E-state index in [0.717, 1.165) is 22.5 Å². The second-order valence-corrected chi connectivity index (χ2v) is 13.2. The first-order valence-electron chi connectivity index (χ1n) is 16.8. The van der Waals surface area contributed by atoms with Crippen molar-refractivity contribution in [1.82, 2.24) is 18.5 Å². The largest absolute Gasteiger partial charge is 0.308 e. The average molecular weight is 623 g/mol. The van der Waals surface area contributed by atoms with Gasteiger partial charge in [0.25, 0.3) is 0 Å². The number of fused-ring (bicyclic) bond motifs is 15. The van der Waals surface area contributed by atoms with E-state index >= 15 is 0 Å². The summed E-state index contributed by atoms with van der Waals surface area (Å²) in [4.78, 5) is 5.32.